The first-order chi connectivity index (χ1) is 7.76. The number of nitrogens with one attached hydrogen (secondary N) is 1. The second kappa shape index (κ2) is 4.80. The summed E-state index contributed by atoms with van der Waals surface area (Å²) in [5.74, 6) is 0.614. The molecule has 0 aliphatic carbocycles. The van der Waals surface area contributed by atoms with E-state index >= 15 is 0 Å². The van der Waals surface area contributed by atoms with E-state index < -0.39 is 5.67 Å². The first kappa shape index (κ1) is 11.4. The fourth-order valence-electron chi connectivity index (χ4n) is 1.73. The molecule has 1 aliphatic rings. The molecule has 1 aliphatic heterocycles. The van der Waals surface area contributed by atoms with Crippen LogP contribution < -0.4 is 10.1 Å². The number of halogens is 1. The van der Waals surface area contributed by atoms with E-state index in [2.05, 4.69) is 5.32 Å². The second-order valence-corrected chi connectivity index (χ2v) is 3.91. The Bertz CT molecular complexity index is 353. The average Bonchev–Trinajstić information content (AvgIpc) is 2.27. The Labute approximate surface area is 94.6 Å². The minimum absolute atomic E-state index is 0.359. The number of benzene rings is 1. The zero-order valence-electron chi connectivity index (χ0n) is 9.33. The van der Waals surface area contributed by atoms with Gasteiger partial charge in [-0.3, -0.25) is 0 Å². The highest BCUT2D eigenvalue weighted by Gasteiger charge is 2.40. The van der Waals surface area contributed by atoms with Crippen LogP contribution in [0.1, 0.15) is 5.56 Å². The number of hydrogen-bond acceptors (Lipinski definition) is 3. The summed E-state index contributed by atoms with van der Waals surface area (Å²) in [6.45, 7) is 1.66. The molecule has 1 fully saturated rings. The Hall–Kier alpha value is -1.13. The predicted octanol–water partition coefficient (Wildman–Crippen LogP) is 1.48. The van der Waals surface area contributed by atoms with Gasteiger partial charge in [-0.25, -0.2) is 4.39 Å². The minimum Gasteiger partial charge on any atom is -0.491 e. The molecule has 1 N–H and O–H groups in total. The number of para-hydroxylation sites is 1. The van der Waals surface area contributed by atoms with Gasteiger partial charge in [0.1, 0.15) is 12.4 Å². The van der Waals surface area contributed by atoms with Gasteiger partial charge in [0.15, 0.2) is 5.67 Å². The molecule has 1 aromatic carbocycles. The van der Waals surface area contributed by atoms with Gasteiger partial charge in [0.05, 0.1) is 6.61 Å². The Morgan fingerprint density at radius 3 is 2.69 bits per heavy atom. The maximum absolute atomic E-state index is 14.2. The first-order valence-electron chi connectivity index (χ1n) is 5.37. The third kappa shape index (κ3) is 2.18. The average molecular weight is 225 g/mol. The van der Waals surface area contributed by atoms with Gasteiger partial charge in [-0.2, -0.15) is 0 Å². The summed E-state index contributed by atoms with van der Waals surface area (Å²) in [6, 6.07) is 7.26. The zero-order valence-corrected chi connectivity index (χ0v) is 9.33. The lowest BCUT2D eigenvalue weighted by molar-refractivity contribution is 0.0821. The molecule has 0 radical (unpaired) electrons. The highest BCUT2D eigenvalue weighted by Crippen LogP contribution is 2.36. The summed E-state index contributed by atoms with van der Waals surface area (Å²) in [7, 11) is 1.61. The Morgan fingerprint density at radius 1 is 1.31 bits per heavy atom. The lowest BCUT2D eigenvalue weighted by atomic mass is 9.89. The van der Waals surface area contributed by atoms with Gasteiger partial charge in [-0.05, 0) is 6.07 Å². The molecule has 0 saturated carbocycles. The van der Waals surface area contributed by atoms with Crippen molar-refractivity contribution >= 4 is 0 Å². The highest BCUT2D eigenvalue weighted by molar-refractivity contribution is 5.40. The molecule has 1 heterocycles. The smallest absolute Gasteiger partial charge is 0.164 e. The third-order valence-electron chi connectivity index (χ3n) is 2.73. The van der Waals surface area contributed by atoms with E-state index in [1.807, 2.05) is 12.1 Å². The van der Waals surface area contributed by atoms with Gasteiger partial charge in [-0.1, -0.05) is 18.2 Å². The Balaban J connectivity index is 2.11. The van der Waals surface area contributed by atoms with Gasteiger partial charge in [-0.15, -0.1) is 0 Å². The van der Waals surface area contributed by atoms with Crippen molar-refractivity contribution in [1.29, 1.82) is 0 Å². The van der Waals surface area contributed by atoms with E-state index in [1.54, 1.807) is 19.2 Å². The molecule has 0 atom stereocenters. The summed E-state index contributed by atoms with van der Waals surface area (Å²) in [5, 5.41) is 2.94. The maximum atomic E-state index is 14.2. The van der Waals surface area contributed by atoms with Crippen molar-refractivity contribution in [2.45, 2.75) is 5.67 Å². The van der Waals surface area contributed by atoms with Crippen LogP contribution in [-0.4, -0.2) is 33.4 Å². The van der Waals surface area contributed by atoms with Gasteiger partial charge in [0.2, 0.25) is 0 Å². The second-order valence-electron chi connectivity index (χ2n) is 3.91. The molecular formula is C12H16FNO2. The summed E-state index contributed by atoms with van der Waals surface area (Å²) in [4.78, 5) is 0. The van der Waals surface area contributed by atoms with Crippen molar-refractivity contribution in [3.63, 3.8) is 0 Å². The SMILES string of the molecule is COCCOc1ccccc1C1(F)CNC1. The summed E-state index contributed by atoms with van der Waals surface area (Å²) in [6.07, 6.45) is 0. The van der Waals surface area contributed by atoms with E-state index in [0.29, 0.717) is 37.6 Å². The fraction of sp³-hybridized carbons (Fsp3) is 0.500. The van der Waals surface area contributed by atoms with Crippen LogP contribution in [0.5, 0.6) is 5.75 Å². The first-order valence-corrected chi connectivity index (χ1v) is 5.37. The third-order valence-corrected chi connectivity index (χ3v) is 2.73. The number of alkyl halides is 1. The standard InChI is InChI=1S/C12H16FNO2/c1-15-6-7-16-11-5-3-2-4-10(11)12(13)8-14-9-12/h2-5,14H,6-9H2,1H3. The van der Waals surface area contributed by atoms with E-state index in [1.165, 1.54) is 0 Å². The Morgan fingerprint density at radius 2 is 2.06 bits per heavy atom. The zero-order chi connectivity index (χ0) is 11.4. The molecule has 0 spiro atoms. The van der Waals surface area contributed by atoms with Crippen molar-refractivity contribution in [1.82, 2.24) is 5.32 Å². The van der Waals surface area contributed by atoms with Crippen molar-refractivity contribution in [3.8, 4) is 5.75 Å². The largest absolute Gasteiger partial charge is 0.491 e. The van der Waals surface area contributed by atoms with Crippen LogP contribution in [0.2, 0.25) is 0 Å². The molecule has 3 nitrogen and oxygen atoms in total. The highest BCUT2D eigenvalue weighted by atomic mass is 19.1. The van der Waals surface area contributed by atoms with Crippen molar-refractivity contribution in [2.24, 2.45) is 0 Å². The molecule has 0 amide bonds. The number of ether oxygens (including phenoxy) is 2. The molecule has 1 saturated heterocycles. The molecule has 0 aromatic heterocycles. The predicted molar refractivity (Wildman–Crippen MR) is 59.5 cm³/mol. The van der Waals surface area contributed by atoms with Gasteiger partial charge < -0.3 is 14.8 Å². The van der Waals surface area contributed by atoms with E-state index in [0.717, 1.165) is 0 Å². The van der Waals surface area contributed by atoms with E-state index in [4.69, 9.17) is 9.47 Å². The van der Waals surface area contributed by atoms with Crippen LogP contribution in [-0.2, 0) is 10.4 Å². The van der Waals surface area contributed by atoms with Crippen molar-refractivity contribution in [2.75, 3.05) is 33.4 Å². The summed E-state index contributed by atoms with van der Waals surface area (Å²) in [5.41, 5.74) is -0.645. The van der Waals surface area contributed by atoms with Crippen LogP contribution in [0.4, 0.5) is 4.39 Å². The van der Waals surface area contributed by atoms with Gasteiger partial charge in [0, 0.05) is 25.8 Å². The summed E-state index contributed by atoms with van der Waals surface area (Å²) < 4.78 is 24.6. The van der Waals surface area contributed by atoms with Crippen LogP contribution in [0.25, 0.3) is 0 Å². The lowest BCUT2D eigenvalue weighted by Crippen LogP contribution is -2.53. The van der Waals surface area contributed by atoms with E-state index in [-0.39, 0.29) is 0 Å². The molecular weight excluding hydrogens is 209 g/mol. The molecule has 0 unspecified atom stereocenters. The Kier molecular flexibility index (Phi) is 3.41. The van der Waals surface area contributed by atoms with Gasteiger partial charge in [0.25, 0.3) is 0 Å². The summed E-state index contributed by atoms with van der Waals surface area (Å²) >= 11 is 0. The molecule has 4 heteroatoms. The van der Waals surface area contributed by atoms with Crippen molar-refractivity contribution in [3.05, 3.63) is 29.8 Å². The molecule has 2 rings (SSSR count). The normalized spacial score (nSPS) is 17.9. The number of hydrogen-bond donors (Lipinski definition) is 1. The van der Waals surface area contributed by atoms with Gasteiger partial charge >= 0.3 is 0 Å². The van der Waals surface area contributed by atoms with Crippen LogP contribution >= 0.6 is 0 Å². The van der Waals surface area contributed by atoms with Crippen molar-refractivity contribution < 1.29 is 13.9 Å². The topological polar surface area (TPSA) is 30.5 Å². The van der Waals surface area contributed by atoms with E-state index in [9.17, 15) is 4.39 Å². The van der Waals surface area contributed by atoms with Crippen LogP contribution in [0, 0.1) is 0 Å². The molecule has 16 heavy (non-hydrogen) atoms. The fourth-order valence-corrected chi connectivity index (χ4v) is 1.73. The maximum Gasteiger partial charge on any atom is 0.164 e. The van der Waals surface area contributed by atoms with Crippen LogP contribution in [0.3, 0.4) is 0 Å². The number of rotatable bonds is 5. The monoisotopic (exact) mass is 225 g/mol. The quantitative estimate of drug-likeness (QED) is 0.770. The number of methoxy groups -OCH3 is 1. The lowest BCUT2D eigenvalue weighted by Gasteiger charge is -2.36. The molecule has 88 valence electrons. The molecule has 0 bridgehead atoms. The molecule has 1 aromatic rings. The minimum atomic E-state index is -1.27. The van der Waals surface area contributed by atoms with Crippen LogP contribution in [0.15, 0.2) is 24.3 Å².